The summed E-state index contributed by atoms with van der Waals surface area (Å²) in [6.07, 6.45) is 1.93. The average molecular weight is 121 g/mol. The zero-order chi connectivity index (χ0) is 5.11. The van der Waals surface area contributed by atoms with Crippen molar-refractivity contribution >= 4 is 35.8 Å². The summed E-state index contributed by atoms with van der Waals surface area (Å²) >= 11 is 0. The molecule has 0 atom stereocenters. The van der Waals surface area contributed by atoms with E-state index >= 15 is 0 Å². The van der Waals surface area contributed by atoms with Gasteiger partial charge >= 0.3 is 29.6 Å². The van der Waals surface area contributed by atoms with Crippen LogP contribution in [0.1, 0.15) is 10.6 Å². The molecule has 0 saturated carbocycles. The third-order valence-electron chi connectivity index (χ3n) is 0.539. The maximum absolute atomic E-state index is 9.72. The van der Waals surface area contributed by atoms with Crippen molar-refractivity contribution in [3.63, 3.8) is 0 Å². The van der Waals surface area contributed by atoms with Gasteiger partial charge in [0, 0.05) is 0 Å². The molecule has 0 bridgehead atoms. The Bertz CT molecular complexity index is 150. The third kappa shape index (κ3) is 1.73. The molecule has 0 aliphatic rings. The molecule has 1 aromatic heterocycles. The predicted molar refractivity (Wildman–Crippen MR) is 28.9 cm³/mol. The van der Waals surface area contributed by atoms with Crippen molar-refractivity contribution in [1.29, 1.82) is 0 Å². The molecule has 0 radical (unpaired) electrons. The van der Waals surface area contributed by atoms with E-state index in [0.717, 1.165) is 0 Å². The number of nitrogens with one attached hydrogen (secondary N) is 1. The number of rotatable bonds is 1. The Morgan fingerprint density at radius 2 is 2.50 bits per heavy atom. The molecular formula is C3H4N3NaO. The quantitative estimate of drug-likeness (QED) is 0.381. The molecule has 0 saturated heterocycles. The van der Waals surface area contributed by atoms with Crippen molar-refractivity contribution in [3.8, 4) is 0 Å². The van der Waals surface area contributed by atoms with Crippen LogP contribution in [-0.2, 0) is 0 Å². The van der Waals surface area contributed by atoms with Crippen molar-refractivity contribution in [1.82, 2.24) is 15.2 Å². The molecule has 0 aliphatic heterocycles. The standard InChI is InChI=1S/C3H3N3O.Na.H/c7-1-3-4-2-5-6-3;;/h1-2H,(H,4,5,6);;. The molecule has 0 aromatic carbocycles. The maximum atomic E-state index is 9.72. The number of hydrogen-bond acceptors (Lipinski definition) is 3. The Labute approximate surface area is 68.0 Å². The van der Waals surface area contributed by atoms with Gasteiger partial charge in [0.25, 0.3) is 0 Å². The van der Waals surface area contributed by atoms with Gasteiger partial charge in [0.2, 0.25) is 5.82 Å². The Kier molecular flexibility index (Phi) is 3.68. The Balaban J connectivity index is 0.000000490. The summed E-state index contributed by atoms with van der Waals surface area (Å²) < 4.78 is 0. The van der Waals surface area contributed by atoms with Crippen LogP contribution < -0.4 is 0 Å². The van der Waals surface area contributed by atoms with E-state index in [9.17, 15) is 4.79 Å². The molecule has 1 heterocycles. The summed E-state index contributed by atoms with van der Waals surface area (Å²) in [5, 5.41) is 5.82. The minimum atomic E-state index is 0. The number of carbonyl (C=O) groups excluding carboxylic acids is 1. The molecule has 0 aliphatic carbocycles. The van der Waals surface area contributed by atoms with Crippen molar-refractivity contribution < 1.29 is 4.79 Å². The van der Waals surface area contributed by atoms with Crippen LogP contribution in [0.2, 0.25) is 0 Å². The van der Waals surface area contributed by atoms with Gasteiger partial charge in [-0.15, -0.1) is 0 Å². The van der Waals surface area contributed by atoms with Gasteiger partial charge < -0.3 is 0 Å². The fourth-order valence-electron chi connectivity index (χ4n) is 0.276. The number of aromatic nitrogens is 3. The molecule has 8 heavy (non-hydrogen) atoms. The fourth-order valence-corrected chi connectivity index (χ4v) is 0.276. The Morgan fingerprint density at radius 3 is 2.75 bits per heavy atom. The van der Waals surface area contributed by atoms with Crippen molar-refractivity contribution in [2.24, 2.45) is 0 Å². The number of hydrogen-bond donors (Lipinski definition) is 1. The molecule has 0 amide bonds. The van der Waals surface area contributed by atoms with Crippen LogP contribution in [0, 0.1) is 0 Å². The second-order valence-corrected chi connectivity index (χ2v) is 0.975. The van der Waals surface area contributed by atoms with Gasteiger partial charge in [-0.05, 0) is 0 Å². The van der Waals surface area contributed by atoms with Crippen LogP contribution in [0.5, 0.6) is 0 Å². The van der Waals surface area contributed by atoms with Crippen LogP contribution >= 0.6 is 0 Å². The van der Waals surface area contributed by atoms with E-state index in [1.54, 1.807) is 0 Å². The number of H-pyrrole nitrogens is 1. The number of aldehydes is 1. The Hall–Kier alpha value is -0.190. The van der Waals surface area contributed by atoms with Crippen molar-refractivity contribution in [2.75, 3.05) is 0 Å². The summed E-state index contributed by atoms with van der Waals surface area (Å²) in [5.74, 6) is 0.194. The Morgan fingerprint density at radius 1 is 1.75 bits per heavy atom. The summed E-state index contributed by atoms with van der Waals surface area (Å²) in [4.78, 5) is 13.2. The van der Waals surface area contributed by atoms with Crippen LogP contribution in [0.25, 0.3) is 0 Å². The molecule has 1 N–H and O–H groups in total. The number of aromatic amines is 1. The number of carbonyl (C=O) groups is 1. The average Bonchev–Trinajstić information content (AvgIpc) is 2.14. The molecule has 0 spiro atoms. The van der Waals surface area contributed by atoms with E-state index in [-0.39, 0.29) is 35.4 Å². The minimum absolute atomic E-state index is 0. The molecule has 0 unspecified atom stereocenters. The van der Waals surface area contributed by atoms with E-state index < -0.39 is 0 Å². The monoisotopic (exact) mass is 121 g/mol. The molecule has 5 heteroatoms. The predicted octanol–water partition coefficient (Wildman–Crippen LogP) is -1.03. The van der Waals surface area contributed by atoms with Crippen molar-refractivity contribution in [2.45, 2.75) is 0 Å². The molecule has 4 nitrogen and oxygen atoms in total. The first-order valence-corrected chi connectivity index (χ1v) is 1.74. The SMILES string of the molecule is O=Cc1nc[nH]n1.[NaH]. The first-order chi connectivity index (χ1) is 3.43. The zero-order valence-corrected chi connectivity index (χ0v) is 3.46. The van der Waals surface area contributed by atoms with E-state index in [1.807, 2.05) is 0 Å². The van der Waals surface area contributed by atoms with Crippen LogP contribution in [0.15, 0.2) is 6.33 Å². The van der Waals surface area contributed by atoms with E-state index in [1.165, 1.54) is 6.33 Å². The van der Waals surface area contributed by atoms with E-state index in [0.29, 0.717) is 6.29 Å². The topological polar surface area (TPSA) is 58.6 Å². The zero-order valence-electron chi connectivity index (χ0n) is 3.46. The first kappa shape index (κ1) is 7.81. The molecule has 1 rings (SSSR count). The molecule has 0 fully saturated rings. The summed E-state index contributed by atoms with van der Waals surface area (Å²) in [5.41, 5.74) is 0. The van der Waals surface area contributed by atoms with E-state index in [2.05, 4.69) is 15.2 Å². The third-order valence-corrected chi connectivity index (χ3v) is 0.539. The summed E-state index contributed by atoms with van der Waals surface area (Å²) in [6.45, 7) is 0. The molecule has 1 aromatic rings. The summed E-state index contributed by atoms with van der Waals surface area (Å²) in [6, 6.07) is 0. The van der Waals surface area contributed by atoms with Crippen LogP contribution in [0.4, 0.5) is 0 Å². The fraction of sp³-hybridized carbons (Fsp3) is 0. The van der Waals surface area contributed by atoms with Gasteiger partial charge in [-0.2, -0.15) is 5.10 Å². The van der Waals surface area contributed by atoms with Gasteiger partial charge in [0.05, 0.1) is 0 Å². The van der Waals surface area contributed by atoms with Crippen molar-refractivity contribution in [3.05, 3.63) is 12.2 Å². The second kappa shape index (κ2) is 3.77. The van der Waals surface area contributed by atoms with Gasteiger partial charge in [0.15, 0.2) is 6.29 Å². The van der Waals surface area contributed by atoms with Crippen LogP contribution in [0.3, 0.4) is 0 Å². The van der Waals surface area contributed by atoms with Gasteiger partial charge in [-0.3, -0.25) is 9.89 Å². The van der Waals surface area contributed by atoms with E-state index in [4.69, 9.17) is 0 Å². The van der Waals surface area contributed by atoms with Crippen LogP contribution in [-0.4, -0.2) is 51.0 Å². The first-order valence-electron chi connectivity index (χ1n) is 1.74. The molecule has 38 valence electrons. The van der Waals surface area contributed by atoms with Gasteiger partial charge in [-0.1, -0.05) is 0 Å². The van der Waals surface area contributed by atoms with Gasteiger partial charge in [0.1, 0.15) is 6.33 Å². The number of nitrogens with zero attached hydrogens (tertiary/aromatic N) is 2. The normalized spacial score (nSPS) is 7.50. The molecular weight excluding hydrogens is 117 g/mol. The van der Waals surface area contributed by atoms with Gasteiger partial charge in [-0.25, -0.2) is 4.98 Å². The summed E-state index contributed by atoms with van der Waals surface area (Å²) in [7, 11) is 0. The second-order valence-electron chi connectivity index (χ2n) is 0.975.